The van der Waals surface area contributed by atoms with Crippen LogP contribution in [0.5, 0.6) is 0 Å². The molecule has 6 heteroatoms. The van der Waals surface area contributed by atoms with Gasteiger partial charge in [0, 0.05) is 25.2 Å². The number of ether oxygens (including phenoxy) is 1. The standard InChI is InChI=1S/C21H30N2O4/c1-13(2)19(20(25)23-11-7-6-8-15(23)4)27-21(26)17-10-9-14(3)18(12-17)22-16(5)24/h9-10,12-13,15,19H,6-8,11H2,1-5H3,(H,22,24)/t15-,19+/m1/s1. The van der Waals surface area contributed by atoms with Gasteiger partial charge in [-0.15, -0.1) is 0 Å². The number of benzene rings is 1. The molecule has 0 aliphatic carbocycles. The van der Waals surface area contributed by atoms with Crippen LogP contribution in [0.4, 0.5) is 5.69 Å². The van der Waals surface area contributed by atoms with E-state index < -0.39 is 12.1 Å². The maximum Gasteiger partial charge on any atom is 0.338 e. The Morgan fingerprint density at radius 1 is 1.22 bits per heavy atom. The van der Waals surface area contributed by atoms with E-state index in [2.05, 4.69) is 5.32 Å². The van der Waals surface area contributed by atoms with Crippen LogP contribution in [0.25, 0.3) is 0 Å². The van der Waals surface area contributed by atoms with Crippen molar-refractivity contribution in [1.29, 1.82) is 0 Å². The molecule has 1 aliphatic heterocycles. The number of hydrogen-bond donors (Lipinski definition) is 1. The van der Waals surface area contributed by atoms with Crippen molar-refractivity contribution >= 4 is 23.5 Å². The van der Waals surface area contributed by atoms with E-state index in [-0.39, 0.29) is 23.8 Å². The summed E-state index contributed by atoms with van der Waals surface area (Å²) in [6.07, 6.45) is 2.26. The molecule has 1 aliphatic rings. The van der Waals surface area contributed by atoms with Crippen LogP contribution < -0.4 is 5.32 Å². The second kappa shape index (κ2) is 9.02. The lowest BCUT2D eigenvalue weighted by atomic mass is 9.99. The molecule has 0 spiro atoms. The highest BCUT2D eigenvalue weighted by atomic mass is 16.5. The van der Waals surface area contributed by atoms with Gasteiger partial charge in [0.2, 0.25) is 5.91 Å². The molecule has 2 rings (SSSR count). The van der Waals surface area contributed by atoms with Crippen molar-refractivity contribution in [2.24, 2.45) is 5.92 Å². The summed E-state index contributed by atoms with van der Waals surface area (Å²) in [6, 6.07) is 5.15. The van der Waals surface area contributed by atoms with E-state index in [1.165, 1.54) is 6.92 Å². The zero-order valence-corrected chi connectivity index (χ0v) is 16.9. The van der Waals surface area contributed by atoms with Crippen LogP contribution in [0, 0.1) is 12.8 Å². The van der Waals surface area contributed by atoms with Gasteiger partial charge in [-0.3, -0.25) is 9.59 Å². The summed E-state index contributed by atoms with van der Waals surface area (Å²) in [4.78, 5) is 38.8. The zero-order valence-electron chi connectivity index (χ0n) is 16.9. The Kier molecular flexibility index (Phi) is 6.99. The molecule has 0 saturated carbocycles. The van der Waals surface area contributed by atoms with E-state index in [4.69, 9.17) is 4.74 Å². The highest BCUT2D eigenvalue weighted by Crippen LogP contribution is 2.23. The first kappa shape index (κ1) is 20.9. The molecule has 0 bridgehead atoms. The van der Waals surface area contributed by atoms with Crippen molar-refractivity contribution < 1.29 is 19.1 Å². The van der Waals surface area contributed by atoms with Gasteiger partial charge in [0.15, 0.2) is 6.10 Å². The number of carbonyl (C=O) groups is 3. The molecule has 148 valence electrons. The molecule has 1 fully saturated rings. The van der Waals surface area contributed by atoms with Crippen LogP contribution in [-0.2, 0) is 14.3 Å². The van der Waals surface area contributed by atoms with Gasteiger partial charge in [0.05, 0.1) is 5.56 Å². The van der Waals surface area contributed by atoms with Gasteiger partial charge < -0.3 is 15.0 Å². The highest BCUT2D eigenvalue weighted by molar-refractivity contribution is 5.95. The van der Waals surface area contributed by atoms with Gasteiger partial charge in [-0.05, 0) is 56.7 Å². The molecular formula is C21H30N2O4. The fraction of sp³-hybridized carbons (Fsp3) is 0.571. The first-order chi connectivity index (χ1) is 12.7. The van der Waals surface area contributed by atoms with Gasteiger partial charge in [-0.1, -0.05) is 19.9 Å². The number of rotatable bonds is 5. The van der Waals surface area contributed by atoms with Crippen molar-refractivity contribution in [2.75, 3.05) is 11.9 Å². The number of nitrogens with zero attached hydrogens (tertiary/aromatic N) is 1. The largest absolute Gasteiger partial charge is 0.448 e. The third kappa shape index (κ3) is 5.31. The Hall–Kier alpha value is -2.37. The van der Waals surface area contributed by atoms with Gasteiger partial charge in [0.25, 0.3) is 5.91 Å². The summed E-state index contributed by atoms with van der Waals surface area (Å²) in [5.41, 5.74) is 1.73. The number of nitrogens with one attached hydrogen (secondary N) is 1. The highest BCUT2D eigenvalue weighted by Gasteiger charge is 2.34. The maximum absolute atomic E-state index is 13.0. The quantitative estimate of drug-likeness (QED) is 0.800. The number of esters is 1. The number of carbonyl (C=O) groups excluding carboxylic acids is 3. The summed E-state index contributed by atoms with van der Waals surface area (Å²) in [5, 5.41) is 2.70. The smallest absolute Gasteiger partial charge is 0.338 e. The minimum Gasteiger partial charge on any atom is -0.448 e. The molecule has 2 atom stereocenters. The molecule has 2 amide bonds. The van der Waals surface area contributed by atoms with E-state index in [0.29, 0.717) is 17.8 Å². The molecule has 1 heterocycles. The number of amides is 2. The van der Waals surface area contributed by atoms with E-state index >= 15 is 0 Å². The second-order valence-electron chi connectivity index (χ2n) is 7.66. The summed E-state index contributed by atoms with van der Waals surface area (Å²) < 4.78 is 5.62. The molecular weight excluding hydrogens is 344 g/mol. The Labute approximate surface area is 161 Å². The topological polar surface area (TPSA) is 75.7 Å². The van der Waals surface area contributed by atoms with E-state index in [1.807, 2.05) is 32.6 Å². The molecule has 0 radical (unpaired) electrons. The first-order valence-electron chi connectivity index (χ1n) is 9.60. The molecule has 1 aromatic rings. The van der Waals surface area contributed by atoms with Crippen molar-refractivity contribution in [2.45, 2.75) is 66.0 Å². The molecule has 0 aromatic heterocycles. The number of likely N-dealkylation sites (tertiary alicyclic amines) is 1. The van der Waals surface area contributed by atoms with Crippen molar-refractivity contribution in [3.63, 3.8) is 0 Å². The minimum absolute atomic E-state index is 0.125. The van der Waals surface area contributed by atoms with Gasteiger partial charge in [-0.2, -0.15) is 0 Å². The molecule has 6 nitrogen and oxygen atoms in total. The van der Waals surface area contributed by atoms with Crippen LogP contribution in [0.2, 0.25) is 0 Å². The Morgan fingerprint density at radius 3 is 2.52 bits per heavy atom. The van der Waals surface area contributed by atoms with Gasteiger partial charge >= 0.3 is 5.97 Å². The predicted molar refractivity (Wildman–Crippen MR) is 105 cm³/mol. The van der Waals surface area contributed by atoms with Crippen LogP contribution in [-0.4, -0.2) is 41.4 Å². The van der Waals surface area contributed by atoms with Crippen LogP contribution in [0.3, 0.4) is 0 Å². The van der Waals surface area contributed by atoms with Gasteiger partial charge in [-0.25, -0.2) is 4.79 Å². The lowest BCUT2D eigenvalue weighted by Crippen LogP contribution is -2.49. The third-order valence-electron chi connectivity index (χ3n) is 4.95. The summed E-state index contributed by atoms with van der Waals surface area (Å²) >= 11 is 0. The van der Waals surface area contributed by atoms with Gasteiger partial charge in [0.1, 0.15) is 0 Å². The molecule has 1 saturated heterocycles. The third-order valence-corrected chi connectivity index (χ3v) is 4.95. The fourth-order valence-electron chi connectivity index (χ4n) is 3.32. The van der Waals surface area contributed by atoms with E-state index in [9.17, 15) is 14.4 Å². The summed E-state index contributed by atoms with van der Waals surface area (Å²) in [6.45, 7) is 9.76. The van der Waals surface area contributed by atoms with Crippen LogP contribution in [0.15, 0.2) is 18.2 Å². The monoisotopic (exact) mass is 374 g/mol. The average Bonchev–Trinajstić information content (AvgIpc) is 2.60. The number of hydrogen-bond acceptors (Lipinski definition) is 4. The SMILES string of the molecule is CC(=O)Nc1cc(C(=O)O[C@H](C(=O)N2CCCC[C@H]2C)C(C)C)ccc1C. The molecule has 1 aromatic carbocycles. The lowest BCUT2D eigenvalue weighted by Gasteiger charge is -2.36. The number of piperidine rings is 1. The van der Waals surface area contributed by atoms with Crippen molar-refractivity contribution in [3.8, 4) is 0 Å². The Balaban J connectivity index is 2.17. The average molecular weight is 374 g/mol. The van der Waals surface area contributed by atoms with E-state index in [1.54, 1.807) is 18.2 Å². The van der Waals surface area contributed by atoms with Crippen LogP contribution >= 0.6 is 0 Å². The lowest BCUT2D eigenvalue weighted by molar-refractivity contribution is -0.146. The maximum atomic E-state index is 13.0. The number of aryl methyl sites for hydroxylation is 1. The fourth-order valence-corrected chi connectivity index (χ4v) is 3.32. The molecule has 1 N–H and O–H groups in total. The number of anilines is 1. The van der Waals surface area contributed by atoms with Crippen molar-refractivity contribution in [1.82, 2.24) is 4.90 Å². The first-order valence-corrected chi connectivity index (χ1v) is 9.60. The Morgan fingerprint density at radius 2 is 1.93 bits per heavy atom. The molecule has 27 heavy (non-hydrogen) atoms. The second-order valence-corrected chi connectivity index (χ2v) is 7.66. The summed E-state index contributed by atoms with van der Waals surface area (Å²) in [7, 11) is 0. The summed E-state index contributed by atoms with van der Waals surface area (Å²) in [5.74, 6) is -1.02. The Bertz CT molecular complexity index is 714. The molecule has 0 unspecified atom stereocenters. The zero-order chi connectivity index (χ0) is 20.1. The van der Waals surface area contributed by atoms with Crippen LogP contribution in [0.1, 0.15) is 62.9 Å². The van der Waals surface area contributed by atoms with Crippen molar-refractivity contribution in [3.05, 3.63) is 29.3 Å². The predicted octanol–water partition coefficient (Wildman–Crippen LogP) is 3.54. The minimum atomic E-state index is -0.816. The normalized spacial score (nSPS) is 18.1. The van der Waals surface area contributed by atoms with E-state index in [0.717, 1.165) is 24.8 Å².